The number of benzene rings is 1. The second-order valence-corrected chi connectivity index (χ2v) is 5.40. The molecule has 0 bridgehead atoms. The molecule has 0 spiro atoms. The van der Waals surface area contributed by atoms with Gasteiger partial charge in [0.05, 0.1) is 0 Å². The minimum Gasteiger partial charge on any atom is -0.480 e. The molecule has 9 heteroatoms. The maximum absolute atomic E-state index is 12.5. The largest absolute Gasteiger partial charge is 0.480 e. The molecule has 0 radical (unpaired) electrons. The van der Waals surface area contributed by atoms with Crippen LogP contribution in [0, 0.1) is 0 Å². The number of nitrogens with zero attached hydrogens (tertiary/aromatic N) is 4. The third-order valence-electron chi connectivity index (χ3n) is 3.02. The Morgan fingerprint density at radius 3 is 2.73 bits per heavy atom. The van der Waals surface area contributed by atoms with Crippen molar-refractivity contribution in [3.63, 3.8) is 0 Å². The number of rotatable bonds is 3. The van der Waals surface area contributed by atoms with Crippen LogP contribution in [0.15, 0.2) is 50.7 Å². The quantitative estimate of drug-likeness (QED) is 0.729. The van der Waals surface area contributed by atoms with Crippen LogP contribution in [0.2, 0.25) is 0 Å². The monoisotopic (exact) mass is 364 g/mol. The summed E-state index contributed by atoms with van der Waals surface area (Å²) in [5.41, 5.74) is -0.714. The smallest absolute Gasteiger partial charge is 0.351 e. The molecule has 22 heavy (non-hydrogen) atoms. The molecule has 0 amide bonds. The van der Waals surface area contributed by atoms with Gasteiger partial charge in [-0.2, -0.15) is 0 Å². The van der Waals surface area contributed by atoms with Crippen molar-refractivity contribution in [3.8, 4) is 5.69 Å². The standard InChI is InChI=1S/C13H9BrN4O4/c14-8-2-1-3-9(6-8)16-4-5-17-11(12(16)21)15-18(13(17)22)7-10(19)20/h1-6H,7H2,(H,19,20). The van der Waals surface area contributed by atoms with Crippen LogP contribution in [0.3, 0.4) is 0 Å². The molecule has 0 aliphatic carbocycles. The molecular formula is C13H9BrN4O4. The molecule has 3 aromatic rings. The molecular weight excluding hydrogens is 356 g/mol. The van der Waals surface area contributed by atoms with Gasteiger partial charge in [-0.05, 0) is 18.2 Å². The van der Waals surface area contributed by atoms with Gasteiger partial charge in [-0.25, -0.2) is 13.9 Å². The van der Waals surface area contributed by atoms with Gasteiger partial charge >= 0.3 is 17.2 Å². The van der Waals surface area contributed by atoms with Crippen molar-refractivity contribution in [2.24, 2.45) is 0 Å². The van der Waals surface area contributed by atoms with E-state index in [0.717, 1.165) is 13.6 Å². The maximum atomic E-state index is 12.5. The molecule has 0 saturated heterocycles. The summed E-state index contributed by atoms with van der Waals surface area (Å²) in [6.07, 6.45) is 2.82. The molecule has 2 heterocycles. The van der Waals surface area contributed by atoms with Crippen LogP contribution in [-0.4, -0.2) is 29.8 Å². The summed E-state index contributed by atoms with van der Waals surface area (Å²) < 4.78 is 3.90. The van der Waals surface area contributed by atoms with Crippen LogP contribution in [0.4, 0.5) is 0 Å². The molecule has 0 aliphatic rings. The van der Waals surface area contributed by atoms with E-state index in [4.69, 9.17) is 5.11 Å². The van der Waals surface area contributed by atoms with E-state index in [1.54, 1.807) is 18.2 Å². The number of halogens is 1. The van der Waals surface area contributed by atoms with E-state index in [9.17, 15) is 14.4 Å². The Balaban J connectivity index is 2.24. The maximum Gasteiger partial charge on any atom is 0.351 e. The van der Waals surface area contributed by atoms with Crippen LogP contribution < -0.4 is 11.2 Å². The molecule has 1 aromatic carbocycles. The molecule has 0 saturated carbocycles. The molecule has 0 atom stereocenters. The fraction of sp³-hybridized carbons (Fsp3) is 0.0769. The normalized spacial score (nSPS) is 11.0. The van der Waals surface area contributed by atoms with Gasteiger partial charge in [0.2, 0.25) is 5.65 Å². The van der Waals surface area contributed by atoms with Crippen LogP contribution in [-0.2, 0) is 11.3 Å². The predicted octanol–water partition coefficient (Wildman–Crippen LogP) is 0.494. The first-order chi connectivity index (χ1) is 10.5. The average Bonchev–Trinajstić information content (AvgIpc) is 2.77. The average molecular weight is 365 g/mol. The summed E-state index contributed by atoms with van der Waals surface area (Å²) in [6.45, 7) is -0.600. The van der Waals surface area contributed by atoms with E-state index in [1.807, 2.05) is 6.07 Å². The number of aliphatic carboxylic acids is 1. The first-order valence-corrected chi connectivity index (χ1v) is 6.95. The summed E-state index contributed by atoms with van der Waals surface area (Å²) >= 11 is 3.32. The lowest BCUT2D eigenvalue weighted by molar-refractivity contribution is -0.137. The van der Waals surface area contributed by atoms with Crippen molar-refractivity contribution in [1.29, 1.82) is 0 Å². The highest BCUT2D eigenvalue weighted by Gasteiger charge is 2.14. The number of carboxylic acids is 1. The Hall–Kier alpha value is -2.68. The van der Waals surface area contributed by atoms with Crippen molar-refractivity contribution < 1.29 is 9.90 Å². The minimum atomic E-state index is -1.21. The minimum absolute atomic E-state index is 0.131. The molecule has 112 valence electrons. The highest BCUT2D eigenvalue weighted by molar-refractivity contribution is 9.10. The number of carboxylic acid groups (broad SMARTS) is 1. The number of fused-ring (bicyclic) bond motifs is 1. The van der Waals surface area contributed by atoms with Crippen molar-refractivity contribution in [2.45, 2.75) is 6.54 Å². The molecule has 1 N–H and O–H groups in total. The van der Waals surface area contributed by atoms with Gasteiger partial charge in [0.15, 0.2) is 0 Å². The fourth-order valence-electron chi connectivity index (χ4n) is 2.07. The van der Waals surface area contributed by atoms with Crippen LogP contribution in [0.5, 0.6) is 0 Å². The van der Waals surface area contributed by atoms with Gasteiger partial charge in [-0.1, -0.05) is 22.0 Å². The zero-order valence-corrected chi connectivity index (χ0v) is 12.6. The van der Waals surface area contributed by atoms with E-state index >= 15 is 0 Å². The van der Waals surface area contributed by atoms with Crippen molar-refractivity contribution in [2.75, 3.05) is 0 Å². The predicted molar refractivity (Wildman–Crippen MR) is 80.4 cm³/mol. The topological polar surface area (TPSA) is 98.6 Å². The van der Waals surface area contributed by atoms with Crippen molar-refractivity contribution in [3.05, 3.63) is 62.0 Å². The van der Waals surface area contributed by atoms with Crippen LogP contribution >= 0.6 is 15.9 Å². The first-order valence-electron chi connectivity index (χ1n) is 6.16. The first kappa shape index (κ1) is 14.3. The van der Waals surface area contributed by atoms with Gasteiger partial charge in [-0.3, -0.25) is 14.2 Å². The number of aromatic nitrogens is 4. The van der Waals surface area contributed by atoms with Crippen LogP contribution in [0.25, 0.3) is 11.3 Å². The van der Waals surface area contributed by atoms with Gasteiger partial charge in [0.1, 0.15) is 6.54 Å². The van der Waals surface area contributed by atoms with Crippen molar-refractivity contribution >= 4 is 27.5 Å². The van der Waals surface area contributed by atoms with E-state index in [-0.39, 0.29) is 5.65 Å². The summed E-state index contributed by atoms with van der Waals surface area (Å²) in [7, 11) is 0. The zero-order chi connectivity index (χ0) is 15.9. The molecule has 2 aromatic heterocycles. The molecule has 8 nitrogen and oxygen atoms in total. The summed E-state index contributed by atoms with van der Waals surface area (Å²) in [4.78, 5) is 35.1. The molecule has 0 aliphatic heterocycles. The molecule has 0 unspecified atom stereocenters. The third kappa shape index (κ3) is 2.35. The molecule has 0 fully saturated rings. The highest BCUT2D eigenvalue weighted by atomic mass is 79.9. The highest BCUT2D eigenvalue weighted by Crippen LogP contribution is 2.13. The Morgan fingerprint density at radius 1 is 1.27 bits per heavy atom. The zero-order valence-electron chi connectivity index (χ0n) is 11.0. The molecule has 3 rings (SSSR count). The number of hydrogen-bond donors (Lipinski definition) is 1. The van der Waals surface area contributed by atoms with E-state index < -0.39 is 23.8 Å². The summed E-state index contributed by atoms with van der Waals surface area (Å²) in [5.74, 6) is -1.21. The number of carbonyl (C=O) groups is 1. The summed E-state index contributed by atoms with van der Waals surface area (Å²) in [6, 6.07) is 7.06. The second-order valence-electron chi connectivity index (χ2n) is 4.48. The van der Waals surface area contributed by atoms with Gasteiger partial charge in [0, 0.05) is 22.6 Å². The second kappa shape index (κ2) is 5.26. The number of hydrogen-bond acceptors (Lipinski definition) is 4. The fourth-order valence-corrected chi connectivity index (χ4v) is 2.46. The Morgan fingerprint density at radius 2 is 2.05 bits per heavy atom. The van der Waals surface area contributed by atoms with Crippen LogP contribution in [0.1, 0.15) is 0 Å². The van der Waals surface area contributed by atoms with E-state index in [1.165, 1.54) is 17.0 Å². The van der Waals surface area contributed by atoms with Gasteiger partial charge < -0.3 is 5.11 Å². The third-order valence-corrected chi connectivity index (χ3v) is 3.51. The lowest BCUT2D eigenvalue weighted by Gasteiger charge is -2.05. The van der Waals surface area contributed by atoms with Gasteiger partial charge in [-0.15, -0.1) is 5.10 Å². The Kier molecular flexibility index (Phi) is 3.41. The van der Waals surface area contributed by atoms with E-state index in [2.05, 4.69) is 21.0 Å². The van der Waals surface area contributed by atoms with Crippen molar-refractivity contribution in [1.82, 2.24) is 18.7 Å². The Labute approximate surface area is 131 Å². The Bertz CT molecular complexity index is 1000. The SMILES string of the molecule is O=C(O)Cn1nc2c(=O)n(-c3cccc(Br)c3)ccn2c1=O. The summed E-state index contributed by atoms with van der Waals surface area (Å²) in [5, 5.41) is 12.6. The lowest BCUT2D eigenvalue weighted by Crippen LogP contribution is -2.25. The van der Waals surface area contributed by atoms with Gasteiger partial charge in [0.25, 0.3) is 0 Å². The lowest BCUT2D eigenvalue weighted by atomic mass is 10.3. The van der Waals surface area contributed by atoms with E-state index in [0.29, 0.717) is 5.69 Å².